The molecule has 2 nitrogen and oxygen atoms in total. The first-order valence-electron chi connectivity index (χ1n) is 6.98. The highest BCUT2D eigenvalue weighted by Crippen LogP contribution is 2.54. The lowest BCUT2D eigenvalue weighted by molar-refractivity contribution is 0.485. The highest BCUT2D eigenvalue weighted by Gasteiger charge is 2.44. The maximum absolute atomic E-state index is 6.03. The van der Waals surface area contributed by atoms with Gasteiger partial charge in [-0.3, -0.25) is 11.3 Å². The van der Waals surface area contributed by atoms with Gasteiger partial charge in [0.25, 0.3) is 0 Å². The van der Waals surface area contributed by atoms with E-state index < -0.39 is 0 Å². The summed E-state index contributed by atoms with van der Waals surface area (Å²) in [4.78, 5) is 0. The minimum Gasteiger partial charge on any atom is -0.271 e. The van der Waals surface area contributed by atoms with E-state index in [4.69, 9.17) is 17.4 Å². The first-order chi connectivity index (χ1) is 9.70. The Hall–Kier alpha value is -1.35. The molecule has 3 heteroatoms. The second-order valence-corrected chi connectivity index (χ2v) is 6.00. The van der Waals surface area contributed by atoms with Crippen LogP contribution in [-0.4, -0.2) is 0 Å². The highest BCUT2D eigenvalue weighted by molar-refractivity contribution is 6.30. The standard InChI is InChI=1S/C17H19ClN2/c1-11-9-13(18)7-8-14(11)17(20-19)16-10-15(16)12-5-3-2-4-6-12/h2-9,15-17,20H,10,19H2,1H3. The van der Waals surface area contributed by atoms with E-state index in [0.29, 0.717) is 11.8 Å². The molecule has 3 rings (SSSR count). The fraction of sp³-hybridized carbons (Fsp3) is 0.294. The van der Waals surface area contributed by atoms with Gasteiger partial charge < -0.3 is 0 Å². The smallest absolute Gasteiger partial charge is 0.0496 e. The average molecular weight is 287 g/mol. The van der Waals surface area contributed by atoms with Crippen molar-refractivity contribution in [2.45, 2.75) is 25.3 Å². The van der Waals surface area contributed by atoms with Gasteiger partial charge in [0.15, 0.2) is 0 Å². The van der Waals surface area contributed by atoms with Gasteiger partial charge in [0.05, 0.1) is 0 Å². The molecule has 0 radical (unpaired) electrons. The molecular weight excluding hydrogens is 268 g/mol. The summed E-state index contributed by atoms with van der Waals surface area (Å²) in [7, 11) is 0. The van der Waals surface area contributed by atoms with Gasteiger partial charge >= 0.3 is 0 Å². The first kappa shape index (κ1) is 13.6. The van der Waals surface area contributed by atoms with Gasteiger partial charge in [-0.1, -0.05) is 48.0 Å². The van der Waals surface area contributed by atoms with Gasteiger partial charge in [-0.25, -0.2) is 0 Å². The third-order valence-electron chi connectivity index (χ3n) is 4.24. The van der Waals surface area contributed by atoms with E-state index in [-0.39, 0.29) is 6.04 Å². The van der Waals surface area contributed by atoms with E-state index in [1.807, 2.05) is 12.1 Å². The van der Waals surface area contributed by atoms with Crippen molar-refractivity contribution in [2.24, 2.45) is 11.8 Å². The van der Waals surface area contributed by atoms with Crippen molar-refractivity contribution in [1.29, 1.82) is 0 Å². The van der Waals surface area contributed by atoms with E-state index in [9.17, 15) is 0 Å². The lowest BCUT2D eigenvalue weighted by atomic mass is 9.96. The molecular formula is C17H19ClN2. The van der Waals surface area contributed by atoms with Crippen LogP contribution < -0.4 is 11.3 Å². The number of hydrogen-bond donors (Lipinski definition) is 2. The Morgan fingerprint density at radius 1 is 1.20 bits per heavy atom. The summed E-state index contributed by atoms with van der Waals surface area (Å²) in [5.74, 6) is 6.97. The molecule has 3 atom stereocenters. The van der Waals surface area contributed by atoms with Crippen LogP contribution >= 0.6 is 11.6 Å². The van der Waals surface area contributed by atoms with E-state index in [0.717, 1.165) is 5.02 Å². The van der Waals surface area contributed by atoms with Crippen LogP contribution in [0.4, 0.5) is 0 Å². The number of benzene rings is 2. The lowest BCUT2D eigenvalue weighted by Gasteiger charge is -2.19. The summed E-state index contributed by atoms with van der Waals surface area (Å²) in [6.45, 7) is 2.09. The van der Waals surface area contributed by atoms with E-state index in [1.165, 1.54) is 23.1 Å². The largest absolute Gasteiger partial charge is 0.271 e. The van der Waals surface area contributed by atoms with Crippen LogP contribution in [0.2, 0.25) is 5.02 Å². The van der Waals surface area contributed by atoms with Gasteiger partial charge in [0, 0.05) is 11.1 Å². The van der Waals surface area contributed by atoms with Crippen LogP contribution in [0.25, 0.3) is 0 Å². The van der Waals surface area contributed by atoms with Crippen LogP contribution in [0.3, 0.4) is 0 Å². The zero-order valence-electron chi connectivity index (χ0n) is 11.5. The maximum Gasteiger partial charge on any atom is 0.0496 e. The van der Waals surface area contributed by atoms with Crippen molar-refractivity contribution in [3.8, 4) is 0 Å². The number of aryl methyl sites for hydroxylation is 1. The zero-order chi connectivity index (χ0) is 14.1. The van der Waals surface area contributed by atoms with E-state index in [2.05, 4.69) is 48.7 Å². The quantitative estimate of drug-likeness (QED) is 0.659. The predicted octanol–water partition coefficient (Wildman–Crippen LogP) is 3.96. The molecule has 1 fully saturated rings. The molecule has 2 aromatic rings. The molecule has 1 saturated carbocycles. The molecule has 3 unspecified atom stereocenters. The summed E-state index contributed by atoms with van der Waals surface area (Å²) >= 11 is 6.03. The summed E-state index contributed by atoms with van der Waals surface area (Å²) in [6, 6.07) is 16.9. The Morgan fingerprint density at radius 2 is 1.95 bits per heavy atom. The van der Waals surface area contributed by atoms with Crippen molar-refractivity contribution in [2.75, 3.05) is 0 Å². The lowest BCUT2D eigenvalue weighted by Crippen LogP contribution is -2.30. The molecule has 104 valence electrons. The normalized spacial score (nSPS) is 22.6. The third-order valence-corrected chi connectivity index (χ3v) is 4.48. The van der Waals surface area contributed by atoms with E-state index in [1.54, 1.807) is 0 Å². The SMILES string of the molecule is Cc1cc(Cl)ccc1C(NN)C1CC1c1ccccc1. The molecule has 2 aromatic carbocycles. The molecule has 0 saturated heterocycles. The minimum absolute atomic E-state index is 0.192. The number of halogens is 1. The summed E-state index contributed by atoms with van der Waals surface area (Å²) < 4.78 is 0. The van der Waals surface area contributed by atoms with Crippen molar-refractivity contribution in [3.63, 3.8) is 0 Å². The van der Waals surface area contributed by atoms with Crippen molar-refractivity contribution < 1.29 is 0 Å². The molecule has 3 N–H and O–H groups in total. The topological polar surface area (TPSA) is 38.0 Å². The number of hydrazine groups is 1. The second-order valence-electron chi connectivity index (χ2n) is 5.56. The summed E-state index contributed by atoms with van der Waals surface area (Å²) in [5, 5.41) is 0.775. The van der Waals surface area contributed by atoms with Crippen LogP contribution in [0.5, 0.6) is 0 Å². The molecule has 0 aromatic heterocycles. The molecule has 0 bridgehead atoms. The Balaban J connectivity index is 1.82. The van der Waals surface area contributed by atoms with Crippen LogP contribution in [0.1, 0.15) is 35.1 Å². The molecule has 0 spiro atoms. The fourth-order valence-corrected chi connectivity index (χ4v) is 3.33. The average Bonchev–Trinajstić information content (AvgIpc) is 3.23. The highest BCUT2D eigenvalue weighted by atomic mass is 35.5. The second kappa shape index (κ2) is 5.57. The Morgan fingerprint density at radius 3 is 2.60 bits per heavy atom. The zero-order valence-corrected chi connectivity index (χ0v) is 12.3. The monoisotopic (exact) mass is 286 g/mol. The molecule has 20 heavy (non-hydrogen) atoms. The van der Waals surface area contributed by atoms with Crippen LogP contribution in [-0.2, 0) is 0 Å². The predicted molar refractivity (Wildman–Crippen MR) is 83.5 cm³/mol. The van der Waals surface area contributed by atoms with Gasteiger partial charge in [-0.15, -0.1) is 0 Å². The van der Waals surface area contributed by atoms with Crippen LogP contribution in [0, 0.1) is 12.8 Å². The molecule has 0 amide bonds. The van der Waals surface area contributed by atoms with Crippen LogP contribution in [0.15, 0.2) is 48.5 Å². The summed E-state index contributed by atoms with van der Waals surface area (Å²) in [5.41, 5.74) is 6.85. The minimum atomic E-state index is 0.192. The van der Waals surface area contributed by atoms with Gasteiger partial charge in [-0.2, -0.15) is 0 Å². The van der Waals surface area contributed by atoms with Gasteiger partial charge in [-0.05, 0) is 54.0 Å². The first-order valence-corrected chi connectivity index (χ1v) is 7.35. The van der Waals surface area contributed by atoms with E-state index >= 15 is 0 Å². The molecule has 0 heterocycles. The maximum atomic E-state index is 6.03. The van der Waals surface area contributed by atoms with Crippen molar-refractivity contribution in [1.82, 2.24) is 5.43 Å². The molecule has 1 aliphatic carbocycles. The Bertz CT molecular complexity index is 597. The van der Waals surface area contributed by atoms with Crippen molar-refractivity contribution in [3.05, 3.63) is 70.2 Å². The Kier molecular flexibility index (Phi) is 3.79. The third kappa shape index (κ3) is 2.59. The number of rotatable bonds is 4. The molecule has 0 aliphatic heterocycles. The Labute approximate surface area is 124 Å². The number of hydrogen-bond acceptors (Lipinski definition) is 2. The van der Waals surface area contributed by atoms with Gasteiger partial charge in [0.2, 0.25) is 0 Å². The number of nitrogens with two attached hydrogens (primary N) is 1. The number of nitrogens with one attached hydrogen (secondary N) is 1. The summed E-state index contributed by atoms with van der Waals surface area (Å²) in [6.07, 6.45) is 1.18. The van der Waals surface area contributed by atoms with Crippen molar-refractivity contribution >= 4 is 11.6 Å². The molecule has 1 aliphatic rings. The van der Waals surface area contributed by atoms with Gasteiger partial charge in [0.1, 0.15) is 0 Å². The fourth-order valence-electron chi connectivity index (χ4n) is 3.10.